The van der Waals surface area contributed by atoms with Crippen LogP contribution in [0.1, 0.15) is 44.3 Å². The molecule has 0 aliphatic carbocycles. The Morgan fingerprint density at radius 3 is 3.00 bits per heavy atom. The van der Waals surface area contributed by atoms with Gasteiger partial charge in [0, 0.05) is 19.5 Å². The van der Waals surface area contributed by atoms with E-state index in [1.165, 1.54) is 0 Å². The molecule has 0 saturated carbocycles. The molecule has 1 saturated heterocycles. The van der Waals surface area contributed by atoms with Gasteiger partial charge >= 0.3 is 0 Å². The summed E-state index contributed by atoms with van der Waals surface area (Å²) in [6, 6.07) is 0. The zero-order valence-electron chi connectivity index (χ0n) is 12.4. The molecule has 6 heteroatoms. The molecule has 0 spiro atoms. The van der Waals surface area contributed by atoms with E-state index in [1.807, 2.05) is 0 Å². The van der Waals surface area contributed by atoms with Crippen LogP contribution in [0.15, 0.2) is 4.52 Å². The fourth-order valence-electron chi connectivity index (χ4n) is 2.88. The van der Waals surface area contributed by atoms with E-state index in [4.69, 9.17) is 4.52 Å². The Labute approximate surface area is 119 Å². The summed E-state index contributed by atoms with van der Waals surface area (Å²) >= 11 is 0. The van der Waals surface area contributed by atoms with Crippen molar-refractivity contribution >= 4 is 5.91 Å². The summed E-state index contributed by atoms with van der Waals surface area (Å²) in [5, 5.41) is 10.1. The summed E-state index contributed by atoms with van der Waals surface area (Å²) in [7, 11) is 0. The zero-order chi connectivity index (χ0) is 14.4. The van der Waals surface area contributed by atoms with Crippen LogP contribution < -0.4 is 10.6 Å². The molecule has 1 fully saturated rings. The highest BCUT2D eigenvalue weighted by Gasteiger charge is 2.38. The second kappa shape index (κ2) is 6.83. The Balaban J connectivity index is 1.85. The van der Waals surface area contributed by atoms with E-state index in [9.17, 15) is 4.79 Å². The van der Waals surface area contributed by atoms with Crippen LogP contribution in [-0.2, 0) is 11.2 Å². The van der Waals surface area contributed by atoms with Gasteiger partial charge in [0.2, 0.25) is 11.8 Å². The standard InChI is InChI=1S/C14H24N4O2/c1-3-6-14(7-4-8-15-10-14)13(19)16-9-5-12-17-11(2)18-20-12/h15H,3-10H2,1-2H3,(H,16,19). The highest BCUT2D eigenvalue weighted by molar-refractivity contribution is 5.83. The quantitative estimate of drug-likeness (QED) is 0.818. The van der Waals surface area contributed by atoms with Gasteiger partial charge in [-0.25, -0.2) is 0 Å². The van der Waals surface area contributed by atoms with E-state index in [0.29, 0.717) is 24.7 Å². The van der Waals surface area contributed by atoms with Crippen LogP contribution in [0.5, 0.6) is 0 Å². The van der Waals surface area contributed by atoms with Crippen molar-refractivity contribution in [3.8, 4) is 0 Å². The van der Waals surface area contributed by atoms with Gasteiger partial charge < -0.3 is 15.2 Å². The maximum Gasteiger partial charge on any atom is 0.228 e. The number of nitrogens with one attached hydrogen (secondary N) is 2. The van der Waals surface area contributed by atoms with Crippen molar-refractivity contribution in [1.29, 1.82) is 0 Å². The lowest BCUT2D eigenvalue weighted by atomic mass is 9.76. The molecule has 2 rings (SSSR count). The van der Waals surface area contributed by atoms with Gasteiger partial charge in [-0.1, -0.05) is 18.5 Å². The average molecular weight is 280 g/mol. The van der Waals surface area contributed by atoms with Crippen molar-refractivity contribution in [2.45, 2.75) is 46.0 Å². The lowest BCUT2D eigenvalue weighted by Gasteiger charge is -2.36. The molecule has 2 heterocycles. The number of rotatable bonds is 6. The van der Waals surface area contributed by atoms with E-state index in [-0.39, 0.29) is 11.3 Å². The van der Waals surface area contributed by atoms with Crippen molar-refractivity contribution in [3.05, 3.63) is 11.7 Å². The maximum absolute atomic E-state index is 12.5. The van der Waals surface area contributed by atoms with E-state index >= 15 is 0 Å². The summed E-state index contributed by atoms with van der Waals surface area (Å²) in [5.41, 5.74) is -0.238. The highest BCUT2D eigenvalue weighted by Crippen LogP contribution is 2.31. The number of aromatic nitrogens is 2. The van der Waals surface area contributed by atoms with E-state index < -0.39 is 0 Å². The molecule has 1 aromatic heterocycles. The molecule has 1 atom stereocenters. The second-order valence-corrected chi connectivity index (χ2v) is 5.55. The minimum Gasteiger partial charge on any atom is -0.355 e. The van der Waals surface area contributed by atoms with E-state index in [2.05, 4.69) is 27.7 Å². The molecule has 0 aromatic carbocycles. The van der Waals surface area contributed by atoms with Crippen LogP contribution in [0.2, 0.25) is 0 Å². The number of piperidine rings is 1. The fraction of sp³-hybridized carbons (Fsp3) is 0.786. The first-order valence-corrected chi connectivity index (χ1v) is 7.44. The maximum atomic E-state index is 12.5. The second-order valence-electron chi connectivity index (χ2n) is 5.55. The molecule has 1 aliphatic heterocycles. The first-order chi connectivity index (χ1) is 9.66. The third-order valence-corrected chi connectivity index (χ3v) is 3.88. The molecule has 112 valence electrons. The number of nitrogens with zero attached hydrogens (tertiary/aromatic N) is 2. The Bertz CT molecular complexity index is 433. The lowest BCUT2D eigenvalue weighted by molar-refractivity contribution is -0.132. The van der Waals surface area contributed by atoms with Gasteiger partial charge in [0.15, 0.2) is 5.82 Å². The van der Waals surface area contributed by atoms with Crippen LogP contribution in [0.4, 0.5) is 0 Å². The molecule has 2 N–H and O–H groups in total. The van der Waals surface area contributed by atoms with Gasteiger partial charge in [0.25, 0.3) is 0 Å². The Hall–Kier alpha value is -1.43. The lowest BCUT2D eigenvalue weighted by Crippen LogP contribution is -2.50. The Morgan fingerprint density at radius 2 is 2.40 bits per heavy atom. The smallest absolute Gasteiger partial charge is 0.228 e. The van der Waals surface area contributed by atoms with Gasteiger partial charge in [-0.05, 0) is 32.7 Å². The van der Waals surface area contributed by atoms with Crippen LogP contribution in [0.3, 0.4) is 0 Å². The molecule has 1 amide bonds. The van der Waals surface area contributed by atoms with E-state index in [0.717, 1.165) is 38.8 Å². The molecule has 1 unspecified atom stereocenters. The predicted octanol–water partition coefficient (Wildman–Crippen LogP) is 1.21. The van der Waals surface area contributed by atoms with Gasteiger partial charge in [-0.2, -0.15) is 4.98 Å². The summed E-state index contributed by atoms with van der Waals surface area (Å²) in [4.78, 5) is 16.6. The minimum atomic E-state index is -0.238. The molecule has 1 aromatic rings. The van der Waals surface area contributed by atoms with Crippen LogP contribution in [-0.4, -0.2) is 35.7 Å². The molecular formula is C14H24N4O2. The number of amides is 1. The third-order valence-electron chi connectivity index (χ3n) is 3.88. The van der Waals surface area contributed by atoms with Gasteiger partial charge in [-0.15, -0.1) is 0 Å². The van der Waals surface area contributed by atoms with Gasteiger partial charge in [-0.3, -0.25) is 4.79 Å². The topological polar surface area (TPSA) is 80.1 Å². The summed E-state index contributed by atoms with van der Waals surface area (Å²) in [6.07, 6.45) is 4.58. The number of carbonyl (C=O) groups is 1. The van der Waals surface area contributed by atoms with Gasteiger partial charge in [0.1, 0.15) is 0 Å². The number of hydrogen-bond acceptors (Lipinski definition) is 5. The molecule has 6 nitrogen and oxygen atoms in total. The Morgan fingerprint density at radius 1 is 1.55 bits per heavy atom. The minimum absolute atomic E-state index is 0.155. The largest absolute Gasteiger partial charge is 0.355 e. The SMILES string of the molecule is CCCC1(C(=O)NCCc2nc(C)no2)CCCNC1. The molecule has 0 radical (unpaired) electrons. The van der Waals surface area contributed by atoms with Crippen molar-refractivity contribution in [3.63, 3.8) is 0 Å². The van der Waals surface area contributed by atoms with Crippen molar-refractivity contribution in [2.24, 2.45) is 5.41 Å². The highest BCUT2D eigenvalue weighted by atomic mass is 16.5. The normalized spacial score (nSPS) is 22.7. The predicted molar refractivity (Wildman–Crippen MR) is 75.2 cm³/mol. The number of hydrogen-bond donors (Lipinski definition) is 2. The summed E-state index contributed by atoms with van der Waals surface area (Å²) in [6.45, 7) is 6.26. The molecule has 0 bridgehead atoms. The van der Waals surface area contributed by atoms with Crippen molar-refractivity contribution in [2.75, 3.05) is 19.6 Å². The first-order valence-electron chi connectivity index (χ1n) is 7.44. The first kappa shape index (κ1) is 15.0. The average Bonchev–Trinajstić information content (AvgIpc) is 2.86. The number of carbonyl (C=O) groups excluding carboxylic acids is 1. The van der Waals surface area contributed by atoms with Crippen LogP contribution >= 0.6 is 0 Å². The van der Waals surface area contributed by atoms with Crippen molar-refractivity contribution in [1.82, 2.24) is 20.8 Å². The van der Waals surface area contributed by atoms with Crippen molar-refractivity contribution < 1.29 is 9.32 Å². The Kier molecular flexibility index (Phi) is 5.11. The monoisotopic (exact) mass is 280 g/mol. The van der Waals surface area contributed by atoms with Crippen LogP contribution in [0, 0.1) is 12.3 Å². The molecule has 1 aliphatic rings. The third kappa shape index (κ3) is 3.56. The van der Waals surface area contributed by atoms with E-state index in [1.54, 1.807) is 6.92 Å². The molecule has 20 heavy (non-hydrogen) atoms. The zero-order valence-corrected chi connectivity index (χ0v) is 12.4. The fourth-order valence-corrected chi connectivity index (χ4v) is 2.88. The number of aryl methyl sites for hydroxylation is 1. The molecular weight excluding hydrogens is 256 g/mol. The van der Waals surface area contributed by atoms with Gasteiger partial charge in [0.05, 0.1) is 5.41 Å². The van der Waals surface area contributed by atoms with Crippen LogP contribution in [0.25, 0.3) is 0 Å². The summed E-state index contributed by atoms with van der Waals surface area (Å²) < 4.78 is 5.04. The summed E-state index contributed by atoms with van der Waals surface area (Å²) in [5.74, 6) is 1.36.